The highest BCUT2D eigenvalue weighted by Gasteiger charge is 2.16. The second kappa shape index (κ2) is 5.46. The molecule has 1 heterocycles. The number of carbonyl (C=O) groups is 1. The zero-order valence-corrected chi connectivity index (χ0v) is 10.5. The summed E-state index contributed by atoms with van der Waals surface area (Å²) in [5.41, 5.74) is 0.673. The van der Waals surface area contributed by atoms with Gasteiger partial charge in [0.1, 0.15) is 0 Å². The third kappa shape index (κ3) is 3.06. The summed E-state index contributed by atoms with van der Waals surface area (Å²) in [6, 6.07) is 7.36. The Hall–Kier alpha value is -0.870. The number of amides is 1. The normalized spacial score (nSPS) is 19.7. The van der Waals surface area contributed by atoms with Gasteiger partial charge in [0.05, 0.1) is 6.10 Å². The summed E-state index contributed by atoms with van der Waals surface area (Å²) >= 11 is 3.34. The van der Waals surface area contributed by atoms with Crippen LogP contribution in [0.2, 0.25) is 0 Å². The smallest absolute Gasteiger partial charge is 0.251 e. The Kier molecular flexibility index (Phi) is 3.96. The molecule has 2 rings (SSSR count). The molecule has 0 bridgehead atoms. The molecule has 1 fully saturated rings. The Morgan fingerprint density at radius 3 is 3.12 bits per heavy atom. The van der Waals surface area contributed by atoms with Crippen molar-refractivity contribution in [3.8, 4) is 0 Å². The summed E-state index contributed by atoms with van der Waals surface area (Å²) in [7, 11) is 0. The standard InChI is InChI=1S/C12H14BrNO2/c13-10-4-1-3-9(7-10)12(15)14-8-11-5-2-6-16-11/h1,3-4,7,11H,2,5-6,8H2,(H,14,15)/t11-/m0/s1. The van der Waals surface area contributed by atoms with E-state index in [1.807, 2.05) is 18.2 Å². The summed E-state index contributed by atoms with van der Waals surface area (Å²) in [5.74, 6) is -0.0446. The zero-order valence-electron chi connectivity index (χ0n) is 8.91. The minimum atomic E-state index is -0.0446. The first-order valence-corrected chi connectivity index (χ1v) is 6.20. The van der Waals surface area contributed by atoms with E-state index < -0.39 is 0 Å². The third-order valence-corrected chi connectivity index (χ3v) is 3.09. The molecule has 0 spiro atoms. The van der Waals surface area contributed by atoms with Crippen molar-refractivity contribution in [2.75, 3.05) is 13.2 Å². The molecule has 0 unspecified atom stereocenters. The molecule has 1 aromatic carbocycles. The van der Waals surface area contributed by atoms with Crippen molar-refractivity contribution in [3.05, 3.63) is 34.3 Å². The highest BCUT2D eigenvalue weighted by Crippen LogP contribution is 2.13. The van der Waals surface area contributed by atoms with Crippen LogP contribution in [-0.4, -0.2) is 25.2 Å². The molecular formula is C12H14BrNO2. The Morgan fingerprint density at radius 1 is 1.56 bits per heavy atom. The van der Waals surface area contributed by atoms with Crippen LogP contribution in [0.15, 0.2) is 28.7 Å². The van der Waals surface area contributed by atoms with E-state index in [2.05, 4.69) is 21.2 Å². The van der Waals surface area contributed by atoms with Gasteiger partial charge in [0.2, 0.25) is 0 Å². The SMILES string of the molecule is O=C(NC[C@@H]1CCCO1)c1cccc(Br)c1. The Balaban J connectivity index is 1.87. The van der Waals surface area contributed by atoms with Crippen molar-refractivity contribution in [2.24, 2.45) is 0 Å². The highest BCUT2D eigenvalue weighted by molar-refractivity contribution is 9.10. The average Bonchev–Trinajstić information content (AvgIpc) is 2.78. The molecule has 0 radical (unpaired) electrons. The predicted molar refractivity (Wildman–Crippen MR) is 65.4 cm³/mol. The lowest BCUT2D eigenvalue weighted by atomic mass is 10.2. The van der Waals surface area contributed by atoms with Gasteiger partial charge >= 0.3 is 0 Å². The molecule has 0 aliphatic carbocycles. The number of hydrogen-bond acceptors (Lipinski definition) is 2. The topological polar surface area (TPSA) is 38.3 Å². The number of rotatable bonds is 3. The molecule has 1 aliphatic heterocycles. The number of nitrogens with one attached hydrogen (secondary N) is 1. The van der Waals surface area contributed by atoms with Gasteiger partial charge in [-0.3, -0.25) is 4.79 Å². The molecule has 1 aliphatic rings. The van der Waals surface area contributed by atoms with E-state index in [0.717, 1.165) is 23.9 Å². The molecule has 3 nitrogen and oxygen atoms in total. The van der Waals surface area contributed by atoms with Crippen molar-refractivity contribution in [3.63, 3.8) is 0 Å². The maximum Gasteiger partial charge on any atom is 0.251 e. The van der Waals surface area contributed by atoms with Gasteiger partial charge in [0.25, 0.3) is 5.91 Å². The van der Waals surface area contributed by atoms with Crippen LogP contribution in [0, 0.1) is 0 Å². The van der Waals surface area contributed by atoms with Crippen molar-refractivity contribution >= 4 is 21.8 Å². The second-order valence-electron chi connectivity index (χ2n) is 3.86. The van der Waals surface area contributed by atoms with E-state index in [-0.39, 0.29) is 12.0 Å². The number of carbonyl (C=O) groups excluding carboxylic acids is 1. The molecule has 16 heavy (non-hydrogen) atoms. The van der Waals surface area contributed by atoms with Gasteiger partial charge in [-0.25, -0.2) is 0 Å². The van der Waals surface area contributed by atoms with Gasteiger partial charge in [-0.05, 0) is 31.0 Å². The fraction of sp³-hybridized carbons (Fsp3) is 0.417. The van der Waals surface area contributed by atoms with E-state index in [1.54, 1.807) is 6.07 Å². The monoisotopic (exact) mass is 283 g/mol. The largest absolute Gasteiger partial charge is 0.376 e. The molecule has 4 heteroatoms. The lowest BCUT2D eigenvalue weighted by Crippen LogP contribution is -2.31. The molecule has 1 aromatic rings. The van der Waals surface area contributed by atoms with Gasteiger partial charge in [-0.2, -0.15) is 0 Å². The first-order chi connectivity index (χ1) is 7.75. The van der Waals surface area contributed by atoms with Crippen LogP contribution in [0.1, 0.15) is 23.2 Å². The summed E-state index contributed by atoms with van der Waals surface area (Å²) < 4.78 is 6.35. The first kappa shape index (κ1) is 11.6. The van der Waals surface area contributed by atoms with Crippen molar-refractivity contribution in [1.29, 1.82) is 0 Å². The van der Waals surface area contributed by atoms with Gasteiger partial charge in [-0.1, -0.05) is 22.0 Å². The maximum atomic E-state index is 11.8. The minimum Gasteiger partial charge on any atom is -0.376 e. The van der Waals surface area contributed by atoms with E-state index in [4.69, 9.17) is 4.74 Å². The fourth-order valence-electron chi connectivity index (χ4n) is 1.74. The molecular weight excluding hydrogens is 270 g/mol. The highest BCUT2D eigenvalue weighted by atomic mass is 79.9. The molecule has 0 aromatic heterocycles. The number of ether oxygens (including phenoxy) is 1. The number of hydrogen-bond donors (Lipinski definition) is 1. The second-order valence-corrected chi connectivity index (χ2v) is 4.77. The molecule has 1 atom stereocenters. The van der Waals surface area contributed by atoms with Crippen molar-refractivity contribution in [1.82, 2.24) is 5.32 Å². The Bertz CT molecular complexity index is 375. The van der Waals surface area contributed by atoms with Crippen molar-refractivity contribution in [2.45, 2.75) is 18.9 Å². The van der Waals surface area contributed by atoms with Gasteiger partial charge in [-0.15, -0.1) is 0 Å². The van der Waals surface area contributed by atoms with Crippen LogP contribution in [0.3, 0.4) is 0 Å². The molecule has 1 N–H and O–H groups in total. The lowest BCUT2D eigenvalue weighted by molar-refractivity contribution is 0.0857. The van der Waals surface area contributed by atoms with Crippen LogP contribution < -0.4 is 5.32 Å². The van der Waals surface area contributed by atoms with Crippen LogP contribution in [0.4, 0.5) is 0 Å². The summed E-state index contributed by atoms with van der Waals surface area (Å²) in [6.45, 7) is 1.42. The summed E-state index contributed by atoms with van der Waals surface area (Å²) in [5, 5.41) is 2.88. The fourth-order valence-corrected chi connectivity index (χ4v) is 2.14. The summed E-state index contributed by atoms with van der Waals surface area (Å²) in [6.07, 6.45) is 2.33. The van der Waals surface area contributed by atoms with Crippen molar-refractivity contribution < 1.29 is 9.53 Å². The van der Waals surface area contributed by atoms with Crippen LogP contribution in [-0.2, 0) is 4.74 Å². The minimum absolute atomic E-state index is 0.0446. The van der Waals surface area contributed by atoms with Gasteiger partial charge < -0.3 is 10.1 Å². The summed E-state index contributed by atoms with van der Waals surface area (Å²) in [4.78, 5) is 11.8. The zero-order chi connectivity index (χ0) is 11.4. The van der Waals surface area contributed by atoms with Crippen LogP contribution in [0.5, 0.6) is 0 Å². The Morgan fingerprint density at radius 2 is 2.44 bits per heavy atom. The van der Waals surface area contributed by atoms with Gasteiger partial charge in [0.15, 0.2) is 0 Å². The van der Waals surface area contributed by atoms with E-state index in [0.29, 0.717) is 12.1 Å². The van der Waals surface area contributed by atoms with Crippen LogP contribution in [0.25, 0.3) is 0 Å². The molecule has 86 valence electrons. The predicted octanol–water partition coefficient (Wildman–Crippen LogP) is 2.36. The molecule has 0 saturated carbocycles. The maximum absolute atomic E-state index is 11.8. The molecule has 1 saturated heterocycles. The number of halogens is 1. The van der Waals surface area contributed by atoms with E-state index >= 15 is 0 Å². The van der Waals surface area contributed by atoms with Crippen LogP contribution >= 0.6 is 15.9 Å². The Labute approximate surface area is 103 Å². The average molecular weight is 284 g/mol. The van der Waals surface area contributed by atoms with Gasteiger partial charge in [0, 0.05) is 23.2 Å². The first-order valence-electron chi connectivity index (χ1n) is 5.41. The van der Waals surface area contributed by atoms with E-state index in [9.17, 15) is 4.79 Å². The third-order valence-electron chi connectivity index (χ3n) is 2.60. The lowest BCUT2D eigenvalue weighted by Gasteiger charge is -2.10. The van der Waals surface area contributed by atoms with E-state index in [1.165, 1.54) is 0 Å². The molecule has 1 amide bonds. The quantitative estimate of drug-likeness (QED) is 0.925. The number of benzene rings is 1.